The summed E-state index contributed by atoms with van der Waals surface area (Å²) < 4.78 is 5.10. The predicted octanol–water partition coefficient (Wildman–Crippen LogP) is 2.56. The Balaban J connectivity index is 1.90. The van der Waals surface area contributed by atoms with E-state index in [4.69, 9.17) is 4.74 Å². The predicted molar refractivity (Wildman–Crippen MR) is 96.1 cm³/mol. The Morgan fingerprint density at radius 3 is 2.54 bits per heavy atom. The van der Waals surface area contributed by atoms with Gasteiger partial charge in [-0.15, -0.1) is 15.0 Å². The zero-order valence-corrected chi connectivity index (χ0v) is 15.1. The molecule has 0 aliphatic rings. The quantitative estimate of drug-likeness (QED) is 0.698. The van der Waals surface area contributed by atoms with Crippen LogP contribution in [0.15, 0.2) is 30.3 Å². The van der Waals surface area contributed by atoms with E-state index in [9.17, 15) is 15.0 Å². The smallest absolute Gasteiger partial charge is 0.337 e. The molecule has 0 aliphatic carbocycles. The van der Waals surface area contributed by atoms with Gasteiger partial charge in [0.05, 0.1) is 0 Å². The van der Waals surface area contributed by atoms with Crippen LogP contribution in [0.25, 0.3) is 16.7 Å². The van der Waals surface area contributed by atoms with Crippen molar-refractivity contribution in [3.63, 3.8) is 0 Å². The van der Waals surface area contributed by atoms with Crippen molar-refractivity contribution in [3.05, 3.63) is 47.0 Å². The van der Waals surface area contributed by atoms with E-state index in [1.165, 1.54) is 18.6 Å². The lowest BCUT2D eigenvalue weighted by Crippen LogP contribution is -2.32. The SMILES string of the molecule is Cc1ccc2nn(-c3ccc(COC(=O)C(C)(C)O)c(C)c3O)nc2c1. The zero-order valence-electron chi connectivity index (χ0n) is 15.1. The highest BCUT2D eigenvalue weighted by Crippen LogP contribution is 2.29. The Kier molecular flexibility index (Phi) is 4.41. The lowest BCUT2D eigenvalue weighted by atomic mass is 10.1. The van der Waals surface area contributed by atoms with Crippen LogP contribution in [0, 0.1) is 13.8 Å². The van der Waals surface area contributed by atoms with Crippen molar-refractivity contribution in [2.75, 3.05) is 0 Å². The molecular formula is C19H21N3O4. The van der Waals surface area contributed by atoms with Gasteiger partial charge in [0.15, 0.2) is 5.60 Å². The standard InChI is InChI=1S/C19H21N3O4/c1-11-5-7-14-15(9-11)21-22(20-14)16-8-6-13(12(2)17(16)23)10-26-18(24)19(3,4)25/h5-9,23,25H,10H2,1-4H3. The van der Waals surface area contributed by atoms with Gasteiger partial charge < -0.3 is 14.9 Å². The molecule has 1 aromatic heterocycles. The molecule has 26 heavy (non-hydrogen) atoms. The molecular weight excluding hydrogens is 334 g/mol. The summed E-state index contributed by atoms with van der Waals surface area (Å²) in [4.78, 5) is 13.1. The van der Waals surface area contributed by atoms with Crippen LogP contribution in [0.1, 0.15) is 30.5 Å². The number of hydrogen-bond donors (Lipinski definition) is 2. The number of aromatic nitrogens is 3. The molecule has 0 atom stereocenters. The largest absolute Gasteiger partial charge is 0.505 e. The van der Waals surface area contributed by atoms with Crippen LogP contribution in [-0.2, 0) is 16.1 Å². The fourth-order valence-corrected chi connectivity index (χ4v) is 2.50. The maximum Gasteiger partial charge on any atom is 0.337 e. The first-order valence-corrected chi connectivity index (χ1v) is 8.22. The highest BCUT2D eigenvalue weighted by atomic mass is 16.5. The fourth-order valence-electron chi connectivity index (χ4n) is 2.50. The Hall–Kier alpha value is -2.93. The molecule has 7 heteroatoms. The zero-order chi connectivity index (χ0) is 19.1. The van der Waals surface area contributed by atoms with Gasteiger partial charge >= 0.3 is 5.97 Å². The summed E-state index contributed by atoms with van der Waals surface area (Å²) in [6.45, 7) is 6.37. The number of carbonyl (C=O) groups is 1. The number of aliphatic hydroxyl groups is 1. The third-order valence-electron chi connectivity index (χ3n) is 4.13. The summed E-state index contributed by atoms with van der Waals surface area (Å²) in [6, 6.07) is 9.16. The van der Waals surface area contributed by atoms with E-state index in [2.05, 4.69) is 10.2 Å². The van der Waals surface area contributed by atoms with Crippen LogP contribution in [0.2, 0.25) is 0 Å². The van der Waals surface area contributed by atoms with Gasteiger partial charge in [-0.25, -0.2) is 4.79 Å². The second-order valence-electron chi connectivity index (χ2n) is 6.83. The number of aryl methyl sites for hydroxylation is 1. The fraction of sp³-hybridized carbons (Fsp3) is 0.316. The van der Waals surface area contributed by atoms with Gasteiger partial charge in [0.2, 0.25) is 0 Å². The minimum Gasteiger partial charge on any atom is -0.505 e. The molecule has 3 aromatic rings. The normalized spacial score (nSPS) is 11.7. The Labute approximate surface area is 150 Å². The van der Waals surface area contributed by atoms with Crippen molar-refractivity contribution in [2.45, 2.75) is 39.9 Å². The molecule has 0 spiro atoms. The molecule has 3 rings (SSSR count). The number of hydrogen-bond acceptors (Lipinski definition) is 6. The van der Waals surface area contributed by atoms with Crippen LogP contribution >= 0.6 is 0 Å². The van der Waals surface area contributed by atoms with Gasteiger partial charge in [0, 0.05) is 0 Å². The number of benzene rings is 2. The van der Waals surface area contributed by atoms with Crippen molar-refractivity contribution in [3.8, 4) is 11.4 Å². The molecule has 0 saturated heterocycles. The van der Waals surface area contributed by atoms with E-state index in [0.29, 0.717) is 16.8 Å². The van der Waals surface area contributed by atoms with Crippen LogP contribution in [0.5, 0.6) is 5.75 Å². The van der Waals surface area contributed by atoms with Crippen molar-refractivity contribution >= 4 is 17.0 Å². The van der Waals surface area contributed by atoms with Crippen molar-refractivity contribution in [1.82, 2.24) is 15.0 Å². The summed E-state index contributed by atoms with van der Waals surface area (Å²) in [5.74, 6) is -0.713. The Morgan fingerprint density at radius 2 is 1.85 bits per heavy atom. The third-order valence-corrected chi connectivity index (χ3v) is 4.13. The number of fused-ring (bicyclic) bond motifs is 1. The molecule has 0 bridgehead atoms. The summed E-state index contributed by atoms with van der Waals surface area (Å²) in [5, 5.41) is 29.0. The highest BCUT2D eigenvalue weighted by Gasteiger charge is 2.26. The molecule has 0 amide bonds. The van der Waals surface area contributed by atoms with Crippen molar-refractivity contribution in [2.24, 2.45) is 0 Å². The first-order chi connectivity index (χ1) is 12.2. The number of rotatable bonds is 4. The second-order valence-corrected chi connectivity index (χ2v) is 6.83. The van der Waals surface area contributed by atoms with E-state index < -0.39 is 11.6 Å². The van der Waals surface area contributed by atoms with Gasteiger partial charge in [0.25, 0.3) is 0 Å². The molecule has 7 nitrogen and oxygen atoms in total. The molecule has 136 valence electrons. The molecule has 0 unspecified atom stereocenters. The number of esters is 1. The lowest BCUT2D eigenvalue weighted by Gasteiger charge is -2.17. The van der Waals surface area contributed by atoms with Crippen LogP contribution in [0.3, 0.4) is 0 Å². The van der Waals surface area contributed by atoms with Crippen molar-refractivity contribution < 1.29 is 19.7 Å². The van der Waals surface area contributed by atoms with Crippen LogP contribution in [-0.4, -0.2) is 36.8 Å². The molecule has 0 fully saturated rings. The Bertz CT molecular complexity index is 986. The van der Waals surface area contributed by atoms with Crippen molar-refractivity contribution in [1.29, 1.82) is 0 Å². The van der Waals surface area contributed by atoms with Gasteiger partial charge in [-0.05, 0) is 62.6 Å². The lowest BCUT2D eigenvalue weighted by molar-refractivity contribution is -0.163. The average Bonchev–Trinajstić information content (AvgIpc) is 2.97. The summed E-state index contributed by atoms with van der Waals surface area (Å²) in [7, 11) is 0. The summed E-state index contributed by atoms with van der Waals surface area (Å²) in [5.41, 5.74) is 2.62. The minimum atomic E-state index is -1.56. The van der Waals surface area contributed by atoms with Crippen LogP contribution < -0.4 is 0 Å². The molecule has 0 radical (unpaired) electrons. The summed E-state index contributed by atoms with van der Waals surface area (Å²) in [6.07, 6.45) is 0. The summed E-state index contributed by atoms with van der Waals surface area (Å²) >= 11 is 0. The number of carbonyl (C=O) groups excluding carboxylic acids is 1. The van der Waals surface area contributed by atoms with E-state index in [0.717, 1.165) is 16.6 Å². The minimum absolute atomic E-state index is 0.0128. The topological polar surface area (TPSA) is 97.5 Å². The maximum atomic E-state index is 11.7. The van der Waals surface area contributed by atoms with E-state index in [-0.39, 0.29) is 12.4 Å². The van der Waals surface area contributed by atoms with Gasteiger partial charge in [-0.2, -0.15) is 0 Å². The van der Waals surface area contributed by atoms with Gasteiger partial charge in [-0.3, -0.25) is 0 Å². The number of ether oxygens (including phenoxy) is 1. The highest BCUT2D eigenvalue weighted by molar-refractivity contribution is 5.78. The monoisotopic (exact) mass is 355 g/mol. The van der Waals surface area contributed by atoms with E-state index >= 15 is 0 Å². The first-order valence-electron chi connectivity index (χ1n) is 8.22. The number of aromatic hydroxyl groups is 1. The molecule has 0 aliphatic heterocycles. The molecule has 2 N–H and O–H groups in total. The van der Waals surface area contributed by atoms with E-state index in [1.807, 2.05) is 25.1 Å². The van der Waals surface area contributed by atoms with Crippen LogP contribution in [0.4, 0.5) is 0 Å². The number of phenols is 1. The molecule has 0 saturated carbocycles. The van der Waals surface area contributed by atoms with Gasteiger partial charge in [0.1, 0.15) is 29.1 Å². The second kappa shape index (κ2) is 6.42. The first kappa shape index (κ1) is 17.9. The average molecular weight is 355 g/mol. The number of phenolic OH excluding ortho intramolecular Hbond substituents is 1. The van der Waals surface area contributed by atoms with E-state index in [1.54, 1.807) is 19.1 Å². The number of nitrogens with zero attached hydrogens (tertiary/aromatic N) is 3. The van der Waals surface area contributed by atoms with Gasteiger partial charge in [-0.1, -0.05) is 12.1 Å². The Morgan fingerprint density at radius 1 is 1.15 bits per heavy atom. The maximum absolute atomic E-state index is 11.7. The molecule has 2 aromatic carbocycles. The molecule has 1 heterocycles. The third kappa shape index (κ3) is 3.39.